The fraction of sp³-hybridized carbons (Fsp3) is 0.421. The number of allylic oxidation sites excluding steroid dienone is 1. The predicted octanol–water partition coefficient (Wildman–Crippen LogP) is 2.25. The third-order valence-corrected chi connectivity index (χ3v) is 4.33. The van der Waals surface area contributed by atoms with E-state index in [-0.39, 0.29) is 6.61 Å². The fourth-order valence-electron chi connectivity index (χ4n) is 3.07. The Morgan fingerprint density at radius 2 is 2.28 bits per heavy atom. The van der Waals surface area contributed by atoms with Crippen LogP contribution in [-0.2, 0) is 13.0 Å². The van der Waals surface area contributed by atoms with Crippen LogP contribution in [0.25, 0.3) is 6.08 Å². The first-order valence-corrected chi connectivity index (χ1v) is 8.54. The first-order valence-electron chi connectivity index (χ1n) is 8.54. The molecule has 6 heteroatoms. The number of aliphatic hydroxyl groups is 1. The number of hydrogen-bond donors (Lipinski definition) is 2. The van der Waals surface area contributed by atoms with Crippen LogP contribution in [0.4, 0.5) is 0 Å². The third kappa shape index (κ3) is 4.41. The smallest absolute Gasteiger partial charge is 0.161 e. The predicted molar refractivity (Wildman–Crippen MR) is 96.8 cm³/mol. The van der Waals surface area contributed by atoms with Crippen LogP contribution in [0.1, 0.15) is 23.7 Å². The summed E-state index contributed by atoms with van der Waals surface area (Å²) in [5, 5.41) is 17.4. The van der Waals surface area contributed by atoms with Crippen LogP contribution in [0.15, 0.2) is 30.5 Å². The van der Waals surface area contributed by atoms with E-state index in [1.165, 1.54) is 11.3 Å². The Hall–Kier alpha value is -2.31. The highest BCUT2D eigenvalue weighted by molar-refractivity contribution is 5.55. The number of H-pyrrole nitrogens is 1. The molecule has 1 aliphatic heterocycles. The topological polar surface area (TPSA) is 70.6 Å². The summed E-state index contributed by atoms with van der Waals surface area (Å²) in [5.74, 6) is 1.31. The van der Waals surface area contributed by atoms with Crippen molar-refractivity contribution in [2.75, 3.05) is 26.8 Å². The van der Waals surface area contributed by atoms with E-state index < -0.39 is 6.10 Å². The van der Waals surface area contributed by atoms with Crippen LogP contribution in [0, 0.1) is 0 Å². The number of fused-ring (bicyclic) bond motifs is 1. The van der Waals surface area contributed by atoms with Crippen molar-refractivity contribution in [1.82, 2.24) is 15.1 Å². The molecule has 0 saturated carbocycles. The van der Waals surface area contributed by atoms with Gasteiger partial charge in [-0.05, 0) is 24.6 Å². The number of aliphatic hydroxyl groups excluding tert-OH is 1. The number of rotatable bonds is 7. The molecular weight excluding hydrogens is 318 g/mol. The molecule has 2 N–H and O–H groups in total. The van der Waals surface area contributed by atoms with E-state index in [0.29, 0.717) is 18.0 Å². The summed E-state index contributed by atoms with van der Waals surface area (Å²) in [4.78, 5) is 2.22. The Balaban J connectivity index is 1.53. The van der Waals surface area contributed by atoms with Gasteiger partial charge in [0, 0.05) is 37.3 Å². The van der Waals surface area contributed by atoms with Crippen molar-refractivity contribution in [3.8, 4) is 11.5 Å². The fourth-order valence-corrected chi connectivity index (χ4v) is 3.07. The summed E-state index contributed by atoms with van der Waals surface area (Å²) in [7, 11) is 1.62. The largest absolute Gasteiger partial charge is 0.493 e. The molecule has 3 rings (SSSR count). The SMILES string of the molecule is C/C=C/c1ccc(OCC(O)CN2CCc3[nH]ncc3C2)c(OC)c1. The molecule has 0 amide bonds. The van der Waals surface area contributed by atoms with Crippen LogP contribution < -0.4 is 9.47 Å². The molecule has 0 bridgehead atoms. The standard InChI is InChI=1S/C19H25N3O3/c1-3-4-14-5-6-18(19(9-14)24-2)25-13-16(23)12-22-8-7-17-15(11-22)10-20-21-17/h3-6,9-10,16,23H,7-8,11-13H2,1-2H3,(H,20,21)/b4-3+. The first-order chi connectivity index (χ1) is 12.2. The molecule has 1 atom stereocenters. The second-order valence-corrected chi connectivity index (χ2v) is 6.23. The van der Waals surface area contributed by atoms with Gasteiger partial charge in [-0.2, -0.15) is 5.10 Å². The lowest BCUT2D eigenvalue weighted by Gasteiger charge is -2.28. The molecule has 1 aromatic heterocycles. The highest BCUT2D eigenvalue weighted by atomic mass is 16.5. The molecule has 1 aromatic carbocycles. The first kappa shape index (κ1) is 17.5. The quantitative estimate of drug-likeness (QED) is 0.807. The van der Waals surface area contributed by atoms with Crippen LogP contribution >= 0.6 is 0 Å². The Bertz CT molecular complexity index is 726. The molecule has 134 valence electrons. The van der Waals surface area contributed by atoms with E-state index in [9.17, 15) is 5.11 Å². The van der Waals surface area contributed by atoms with E-state index in [1.807, 2.05) is 43.5 Å². The number of β-amino-alcohol motifs (C(OH)–C–C–N with tert-alkyl or cyclic N) is 1. The summed E-state index contributed by atoms with van der Waals surface area (Å²) in [6.07, 6.45) is 6.21. The molecule has 0 saturated heterocycles. The van der Waals surface area contributed by atoms with Crippen molar-refractivity contribution in [2.45, 2.75) is 26.0 Å². The molecule has 6 nitrogen and oxygen atoms in total. The zero-order valence-corrected chi connectivity index (χ0v) is 14.7. The Morgan fingerprint density at radius 3 is 3.08 bits per heavy atom. The van der Waals surface area contributed by atoms with Crippen LogP contribution in [-0.4, -0.2) is 53.1 Å². The number of aromatic amines is 1. The second-order valence-electron chi connectivity index (χ2n) is 6.23. The lowest BCUT2D eigenvalue weighted by molar-refractivity contribution is 0.0627. The van der Waals surface area contributed by atoms with Crippen molar-refractivity contribution in [2.24, 2.45) is 0 Å². The maximum atomic E-state index is 10.3. The van der Waals surface area contributed by atoms with Gasteiger partial charge in [-0.1, -0.05) is 18.2 Å². The van der Waals surface area contributed by atoms with E-state index in [0.717, 1.165) is 25.1 Å². The second kappa shape index (κ2) is 8.18. The molecule has 2 aromatic rings. The molecular formula is C19H25N3O3. The Kier molecular flexibility index (Phi) is 5.73. The minimum absolute atomic E-state index is 0.230. The number of hydrogen-bond acceptors (Lipinski definition) is 5. The molecule has 0 aliphatic carbocycles. The molecule has 0 fully saturated rings. The minimum Gasteiger partial charge on any atom is -0.493 e. The Labute approximate surface area is 148 Å². The molecule has 0 radical (unpaired) electrons. The van der Waals surface area contributed by atoms with Crippen molar-refractivity contribution in [3.05, 3.63) is 47.3 Å². The van der Waals surface area contributed by atoms with Gasteiger partial charge in [0.05, 0.1) is 13.3 Å². The number of benzene rings is 1. The molecule has 1 unspecified atom stereocenters. The summed E-state index contributed by atoms with van der Waals surface area (Å²) in [6.45, 7) is 4.50. The highest BCUT2D eigenvalue weighted by Crippen LogP contribution is 2.28. The van der Waals surface area contributed by atoms with Crippen LogP contribution in [0.5, 0.6) is 11.5 Å². The summed E-state index contributed by atoms with van der Waals surface area (Å²) < 4.78 is 11.2. The Morgan fingerprint density at radius 1 is 1.40 bits per heavy atom. The lowest BCUT2D eigenvalue weighted by atomic mass is 10.1. The van der Waals surface area contributed by atoms with Crippen LogP contribution in [0.3, 0.4) is 0 Å². The number of ether oxygens (including phenoxy) is 2. The maximum absolute atomic E-state index is 10.3. The summed E-state index contributed by atoms with van der Waals surface area (Å²) in [6, 6.07) is 5.77. The van der Waals surface area contributed by atoms with Gasteiger partial charge in [0.2, 0.25) is 0 Å². The van der Waals surface area contributed by atoms with Gasteiger partial charge >= 0.3 is 0 Å². The number of aromatic nitrogens is 2. The molecule has 2 heterocycles. The van der Waals surface area contributed by atoms with E-state index in [2.05, 4.69) is 15.1 Å². The zero-order chi connectivity index (χ0) is 17.6. The van der Waals surface area contributed by atoms with Gasteiger partial charge in [-0.3, -0.25) is 10.00 Å². The van der Waals surface area contributed by atoms with Gasteiger partial charge in [-0.15, -0.1) is 0 Å². The van der Waals surface area contributed by atoms with E-state index in [1.54, 1.807) is 7.11 Å². The third-order valence-electron chi connectivity index (χ3n) is 4.33. The highest BCUT2D eigenvalue weighted by Gasteiger charge is 2.20. The van der Waals surface area contributed by atoms with Crippen molar-refractivity contribution >= 4 is 6.08 Å². The number of nitrogens with one attached hydrogen (secondary N) is 1. The van der Waals surface area contributed by atoms with E-state index >= 15 is 0 Å². The average molecular weight is 343 g/mol. The maximum Gasteiger partial charge on any atom is 0.161 e. The molecule has 1 aliphatic rings. The molecule has 0 spiro atoms. The average Bonchev–Trinajstić information content (AvgIpc) is 3.08. The molecule has 25 heavy (non-hydrogen) atoms. The van der Waals surface area contributed by atoms with Gasteiger partial charge < -0.3 is 14.6 Å². The van der Waals surface area contributed by atoms with Gasteiger partial charge in [0.25, 0.3) is 0 Å². The summed E-state index contributed by atoms with van der Waals surface area (Å²) >= 11 is 0. The lowest BCUT2D eigenvalue weighted by Crippen LogP contribution is -2.38. The monoisotopic (exact) mass is 343 g/mol. The van der Waals surface area contributed by atoms with E-state index in [4.69, 9.17) is 9.47 Å². The summed E-state index contributed by atoms with van der Waals surface area (Å²) in [5.41, 5.74) is 3.46. The van der Waals surface area contributed by atoms with Gasteiger partial charge in [0.15, 0.2) is 11.5 Å². The normalized spacial score (nSPS) is 16.0. The van der Waals surface area contributed by atoms with Gasteiger partial charge in [-0.25, -0.2) is 0 Å². The van der Waals surface area contributed by atoms with Gasteiger partial charge in [0.1, 0.15) is 12.7 Å². The zero-order valence-electron chi connectivity index (χ0n) is 14.7. The number of nitrogens with zero attached hydrogens (tertiary/aromatic N) is 2. The minimum atomic E-state index is -0.562. The number of methoxy groups -OCH3 is 1. The van der Waals surface area contributed by atoms with Crippen molar-refractivity contribution in [1.29, 1.82) is 0 Å². The van der Waals surface area contributed by atoms with Crippen molar-refractivity contribution in [3.63, 3.8) is 0 Å². The van der Waals surface area contributed by atoms with Crippen molar-refractivity contribution < 1.29 is 14.6 Å². The van der Waals surface area contributed by atoms with Crippen LogP contribution in [0.2, 0.25) is 0 Å².